The molecule has 1 atom stereocenters. The molecular weight excluding hydrogens is 269 g/mol. The van der Waals surface area contributed by atoms with E-state index in [0.717, 1.165) is 13.1 Å². The van der Waals surface area contributed by atoms with Crippen LogP contribution in [0.25, 0.3) is 0 Å². The summed E-state index contributed by atoms with van der Waals surface area (Å²) < 4.78 is 13.0. The molecule has 1 aromatic carbocycles. The van der Waals surface area contributed by atoms with E-state index in [-0.39, 0.29) is 11.6 Å². The number of benzene rings is 1. The molecule has 1 amide bonds. The molecule has 2 rings (SSSR count). The van der Waals surface area contributed by atoms with Gasteiger partial charge in [-0.3, -0.25) is 9.69 Å². The molecule has 5 heteroatoms. The lowest BCUT2D eigenvalue weighted by Crippen LogP contribution is -2.35. The molecular formula is C16H24FN3O. The summed E-state index contributed by atoms with van der Waals surface area (Å²) in [5.41, 5.74) is 6.41. The molecule has 1 unspecified atom stereocenters. The van der Waals surface area contributed by atoms with E-state index in [2.05, 4.69) is 24.1 Å². The minimum atomic E-state index is -0.401. The van der Waals surface area contributed by atoms with Crippen molar-refractivity contribution in [2.45, 2.75) is 39.2 Å². The zero-order valence-corrected chi connectivity index (χ0v) is 12.7. The molecule has 1 aliphatic rings. The molecule has 116 valence electrons. The van der Waals surface area contributed by atoms with Crippen LogP contribution in [0.1, 0.15) is 33.1 Å². The zero-order valence-electron chi connectivity index (χ0n) is 12.7. The maximum atomic E-state index is 13.0. The Bertz CT molecular complexity index is 504. The van der Waals surface area contributed by atoms with Gasteiger partial charge in [0, 0.05) is 19.0 Å². The van der Waals surface area contributed by atoms with Gasteiger partial charge in [-0.1, -0.05) is 13.8 Å². The number of carbonyl (C=O) groups is 1. The van der Waals surface area contributed by atoms with E-state index in [1.807, 2.05) is 0 Å². The Hall–Kier alpha value is -1.62. The average Bonchev–Trinajstić information content (AvgIpc) is 2.88. The molecule has 0 spiro atoms. The summed E-state index contributed by atoms with van der Waals surface area (Å²) in [6.45, 7) is 6.27. The van der Waals surface area contributed by atoms with Gasteiger partial charge < -0.3 is 11.1 Å². The van der Waals surface area contributed by atoms with E-state index in [0.29, 0.717) is 24.1 Å². The fourth-order valence-corrected chi connectivity index (χ4v) is 2.99. The normalized spacial score (nSPS) is 19.1. The van der Waals surface area contributed by atoms with Crippen LogP contribution in [-0.4, -0.2) is 29.9 Å². The van der Waals surface area contributed by atoms with Gasteiger partial charge in [0.2, 0.25) is 5.91 Å². The highest BCUT2D eigenvalue weighted by atomic mass is 19.1. The third kappa shape index (κ3) is 4.17. The Kier molecular flexibility index (Phi) is 5.17. The minimum absolute atomic E-state index is 0.0808. The molecule has 1 fully saturated rings. The lowest BCUT2D eigenvalue weighted by molar-refractivity contribution is -0.116. The quantitative estimate of drug-likeness (QED) is 0.821. The molecule has 1 saturated heterocycles. The van der Waals surface area contributed by atoms with E-state index >= 15 is 0 Å². The van der Waals surface area contributed by atoms with Crippen molar-refractivity contribution < 1.29 is 9.18 Å². The van der Waals surface area contributed by atoms with Crippen molar-refractivity contribution in [2.75, 3.05) is 24.1 Å². The lowest BCUT2D eigenvalue weighted by atomic mass is 10.0. The number of nitrogens with two attached hydrogens (primary N) is 1. The highest BCUT2D eigenvalue weighted by molar-refractivity contribution is 5.93. The average molecular weight is 293 g/mol. The Morgan fingerprint density at radius 2 is 2.29 bits per heavy atom. The number of hydrogen-bond donors (Lipinski definition) is 2. The van der Waals surface area contributed by atoms with Gasteiger partial charge in [0.1, 0.15) is 5.82 Å². The number of anilines is 2. The first-order valence-corrected chi connectivity index (χ1v) is 7.56. The second kappa shape index (κ2) is 6.89. The number of nitrogen functional groups attached to an aromatic ring is 1. The van der Waals surface area contributed by atoms with Crippen LogP contribution in [0.5, 0.6) is 0 Å². The number of nitrogens with zero attached hydrogens (tertiary/aromatic N) is 1. The van der Waals surface area contributed by atoms with Crippen molar-refractivity contribution in [2.24, 2.45) is 5.92 Å². The van der Waals surface area contributed by atoms with Crippen LogP contribution in [0.4, 0.5) is 15.8 Å². The molecule has 21 heavy (non-hydrogen) atoms. The van der Waals surface area contributed by atoms with Crippen molar-refractivity contribution in [3.05, 3.63) is 24.0 Å². The minimum Gasteiger partial charge on any atom is -0.397 e. The maximum Gasteiger partial charge on any atom is 0.225 e. The van der Waals surface area contributed by atoms with E-state index in [1.54, 1.807) is 0 Å². The lowest BCUT2D eigenvalue weighted by Gasteiger charge is -2.27. The number of carbonyl (C=O) groups excluding carboxylic acids is 1. The van der Waals surface area contributed by atoms with Crippen molar-refractivity contribution in [1.29, 1.82) is 0 Å². The maximum absolute atomic E-state index is 13.0. The standard InChI is InChI=1S/C16H24FN3O/c1-11(2)15-4-3-8-20(15)9-7-16(21)19-14-6-5-12(17)10-13(14)18/h5-6,10-11,15H,3-4,7-9,18H2,1-2H3,(H,19,21). The molecule has 1 aliphatic heterocycles. The summed E-state index contributed by atoms with van der Waals surface area (Å²) in [5, 5.41) is 2.75. The summed E-state index contributed by atoms with van der Waals surface area (Å²) in [6, 6.07) is 4.58. The summed E-state index contributed by atoms with van der Waals surface area (Å²) >= 11 is 0. The van der Waals surface area contributed by atoms with Crippen LogP contribution in [-0.2, 0) is 4.79 Å². The van der Waals surface area contributed by atoms with E-state index < -0.39 is 5.82 Å². The second-order valence-corrected chi connectivity index (χ2v) is 6.02. The van der Waals surface area contributed by atoms with Crippen molar-refractivity contribution in [1.82, 2.24) is 4.90 Å². The summed E-state index contributed by atoms with van der Waals surface area (Å²) in [4.78, 5) is 14.4. The number of amides is 1. The van der Waals surface area contributed by atoms with Crippen molar-refractivity contribution >= 4 is 17.3 Å². The smallest absolute Gasteiger partial charge is 0.225 e. The Morgan fingerprint density at radius 3 is 2.95 bits per heavy atom. The fraction of sp³-hybridized carbons (Fsp3) is 0.562. The third-order valence-electron chi connectivity index (χ3n) is 4.10. The van der Waals surface area contributed by atoms with Gasteiger partial charge >= 0.3 is 0 Å². The highest BCUT2D eigenvalue weighted by Crippen LogP contribution is 2.24. The van der Waals surface area contributed by atoms with Gasteiger partial charge in [-0.25, -0.2) is 4.39 Å². The Labute approximate surface area is 125 Å². The van der Waals surface area contributed by atoms with E-state index in [4.69, 9.17) is 5.73 Å². The molecule has 4 nitrogen and oxygen atoms in total. The first-order chi connectivity index (χ1) is 9.97. The largest absolute Gasteiger partial charge is 0.397 e. The van der Waals surface area contributed by atoms with Crippen LogP contribution in [0.15, 0.2) is 18.2 Å². The van der Waals surface area contributed by atoms with Crippen LogP contribution in [0, 0.1) is 11.7 Å². The summed E-state index contributed by atoms with van der Waals surface area (Å²) in [6.07, 6.45) is 2.85. The van der Waals surface area contributed by atoms with E-state index in [1.165, 1.54) is 31.0 Å². The molecule has 0 aliphatic carbocycles. The molecule has 1 aromatic rings. The van der Waals surface area contributed by atoms with Crippen LogP contribution >= 0.6 is 0 Å². The monoisotopic (exact) mass is 293 g/mol. The molecule has 0 aromatic heterocycles. The predicted octanol–water partition coefficient (Wildman–Crippen LogP) is 2.86. The molecule has 3 N–H and O–H groups in total. The zero-order chi connectivity index (χ0) is 15.4. The molecule has 0 saturated carbocycles. The number of halogens is 1. The first-order valence-electron chi connectivity index (χ1n) is 7.56. The van der Waals surface area contributed by atoms with Gasteiger partial charge in [-0.2, -0.15) is 0 Å². The molecule has 0 radical (unpaired) electrons. The number of nitrogens with one attached hydrogen (secondary N) is 1. The summed E-state index contributed by atoms with van der Waals surface area (Å²) in [5.74, 6) is 0.133. The number of hydrogen-bond acceptors (Lipinski definition) is 3. The summed E-state index contributed by atoms with van der Waals surface area (Å²) in [7, 11) is 0. The van der Waals surface area contributed by atoms with Gasteiger partial charge in [0.05, 0.1) is 11.4 Å². The molecule has 0 bridgehead atoms. The fourth-order valence-electron chi connectivity index (χ4n) is 2.99. The predicted molar refractivity (Wildman–Crippen MR) is 83.5 cm³/mol. The molecule has 1 heterocycles. The van der Waals surface area contributed by atoms with Crippen molar-refractivity contribution in [3.63, 3.8) is 0 Å². The SMILES string of the molecule is CC(C)C1CCCN1CCC(=O)Nc1ccc(F)cc1N. The number of likely N-dealkylation sites (tertiary alicyclic amines) is 1. The Balaban J connectivity index is 1.85. The van der Waals surface area contributed by atoms with Crippen LogP contribution < -0.4 is 11.1 Å². The van der Waals surface area contributed by atoms with Gasteiger partial charge in [-0.05, 0) is 43.5 Å². The Morgan fingerprint density at radius 1 is 1.52 bits per heavy atom. The first kappa shape index (κ1) is 15.8. The van der Waals surface area contributed by atoms with Gasteiger partial charge in [0.15, 0.2) is 0 Å². The van der Waals surface area contributed by atoms with Gasteiger partial charge in [-0.15, -0.1) is 0 Å². The third-order valence-corrected chi connectivity index (χ3v) is 4.10. The van der Waals surface area contributed by atoms with Crippen LogP contribution in [0.2, 0.25) is 0 Å². The second-order valence-electron chi connectivity index (χ2n) is 6.02. The van der Waals surface area contributed by atoms with Crippen LogP contribution in [0.3, 0.4) is 0 Å². The van der Waals surface area contributed by atoms with Crippen molar-refractivity contribution in [3.8, 4) is 0 Å². The topological polar surface area (TPSA) is 58.4 Å². The van der Waals surface area contributed by atoms with Gasteiger partial charge in [0.25, 0.3) is 0 Å². The number of rotatable bonds is 5. The highest BCUT2D eigenvalue weighted by Gasteiger charge is 2.26. The van der Waals surface area contributed by atoms with E-state index in [9.17, 15) is 9.18 Å².